The summed E-state index contributed by atoms with van der Waals surface area (Å²) in [5.74, 6) is 0. The second-order valence-electron chi connectivity index (χ2n) is 4.12. The van der Waals surface area contributed by atoms with Gasteiger partial charge in [-0.3, -0.25) is 4.98 Å². The molecule has 0 saturated heterocycles. The first-order valence-electron chi connectivity index (χ1n) is 6.69. The summed E-state index contributed by atoms with van der Waals surface area (Å²) in [6, 6.07) is 0. The zero-order valence-corrected chi connectivity index (χ0v) is 12.6. The molecule has 0 aliphatic rings. The minimum Gasteiger partial charge on any atom is -0.383 e. The maximum atomic E-state index is 5.97. The Hall–Kier alpha value is 0.0969. The molecule has 16 heavy (non-hydrogen) atoms. The topological polar surface area (TPSA) is 30.5 Å². The summed E-state index contributed by atoms with van der Waals surface area (Å²) in [4.78, 5) is 3.58. The Morgan fingerprint density at radius 2 is 1.62 bits per heavy atom. The van der Waals surface area contributed by atoms with Gasteiger partial charge in [-0.05, 0) is 26.8 Å². The predicted molar refractivity (Wildman–Crippen MR) is 71.6 cm³/mol. The number of rotatable bonds is 10. The van der Waals surface area contributed by atoms with E-state index in [-0.39, 0.29) is 0 Å². The van der Waals surface area contributed by atoms with Crippen molar-refractivity contribution in [2.24, 2.45) is 0 Å². The molecule has 0 fully saturated rings. The zero-order chi connectivity index (χ0) is 12.4. The Morgan fingerprint density at radius 3 is 2.00 bits per heavy atom. The molecule has 98 valence electrons. The van der Waals surface area contributed by atoms with Crippen molar-refractivity contribution in [1.29, 1.82) is 0 Å². The van der Waals surface area contributed by atoms with Gasteiger partial charge in [-0.15, -0.1) is 0 Å². The number of hydrogen-bond donors (Lipinski definition) is 1. The van der Waals surface area contributed by atoms with Crippen LogP contribution in [0.25, 0.3) is 0 Å². The first-order valence-corrected chi connectivity index (χ1v) is 8.59. The van der Waals surface area contributed by atoms with Crippen LogP contribution < -0.4 is 4.98 Å². The van der Waals surface area contributed by atoms with Crippen molar-refractivity contribution in [3.63, 3.8) is 0 Å². The monoisotopic (exact) mass is 247 g/mol. The molecule has 0 heterocycles. The fourth-order valence-electron chi connectivity index (χ4n) is 1.74. The standard InChI is InChI=1S/C12H29NO2Si/c1-6-10-11-13-16(14-8-3,15-9-4)12(5)7-2/h12-13H,6-11H2,1-5H3. The second-order valence-corrected chi connectivity index (χ2v) is 7.37. The van der Waals surface area contributed by atoms with Crippen molar-refractivity contribution >= 4 is 8.72 Å². The van der Waals surface area contributed by atoms with E-state index >= 15 is 0 Å². The summed E-state index contributed by atoms with van der Waals surface area (Å²) in [5, 5.41) is 0. The van der Waals surface area contributed by atoms with Crippen molar-refractivity contribution in [2.45, 2.75) is 59.4 Å². The van der Waals surface area contributed by atoms with Gasteiger partial charge in [0.05, 0.1) is 0 Å². The Morgan fingerprint density at radius 1 is 1.06 bits per heavy atom. The third kappa shape index (κ3) is 4.95. The molecule has 0 saturated carbocycles. The first kappa shape index (κ1) is 16.1. The van der Waals surface area contributed by atoms with E-state index in [1.54, 1.807) is 0 Å². The molecule has 1 N–H and O–H groups in total. The van der Waals surface area contributed by atoms with Gasteiger partial charge in [0.25, 0.3) is 0 Å². The highest BCUT2D eigenvalue weighted by Crippen LogP contribution is 2.24. The number of unbranched alkanes of at least 4 members (excludes halogenated alkanes) is 1. The lowest BCUT2D eigenvalue weighted by molar-refractivity contribution is 0.161. The van der Waals surface area contributed by atoms with Crippen LogP contribution in [0, 0.1) is 0 Å². The van der Waals surface area contributed by atoms with Crippen LogP contribution in [-0.4, -0.2) is 28.5 Å². The van der Waals surface area contributed by atoms with Crippen LogP contribution in [0.15, 0.2) is 0 Å². The highest BCUT2D eigenvalue weighted by Gasteiger charge is 2.42. The molecule has 3 nitrogen and oxygen atoms in total. The van der Waals surface area contributed by atoms with Crippen LogP contribution >= 0.6 is 0 Å². The molecule has 0 aromatic heterocycles. The Balaban J connectivity index is 4.50. The van der Waals surface area contributed by atoms with E-state index in [4.69, 9.17) is 8.85 Å². The average Bonchev–Trinajstić information content (AvgIpc) is 2.28. The quantitative estimate of drug-likeness (QED) is 0.475. The number of nitrogens with one attached hydrogen (secondary N) is 1. The molecule has 0 bridgehead atoms. The van der Waals surface area contributed by atoms with Crippen LogP contribution in [0.4, 0.5) is 0 Å². The maximum Gasteiger partial charge on any atom is 0.427 e. The molecule has 0 aromatic carbocycles. The van der Waals surface area contributed by atoms with Gasteiger partial charge < -0.3 is 8.85 Å². The van der Waals surface area contributed by atoms with Crippen LogP contribution in [0.2, 0.25) is 5.54 Å². The highest BCUT2D eigenvalue weighted by molar-refractivity contribution is 6.66. The van der Waals surface area contributed by atoms with E-state index in [0.717, 1.165) is 26.2 Å². The summed E-state index contributed by atoms with van der Waals surface area (Å²) in [5.41, 5.74) is 0.490. The Kier molecular flexibility index (Phi) is 9.22. The summed E-state index contributed by atoms with van der Waals surface area (Å²) in [6.45, 7) is 13.2. The van der Waals surface area contributed by atoms with E-state index in [9.17, 15) is 0 Å². The molecule has 0 aromatic rings. The minimum absolute atomic E-state index is 0.490. The summed E-state index contributed by atoms with van der Waals surface area (Å²) in [7, 11) is -2.19. The third-order valence-electron chi connectivity index (χ3n) is 2.88. The molecule has 0 amide bonds. The Bertz CT molecular complexity index is 161. The van der Waals surface area contributed by atoms with E-state index < -0.39 is 8.72 Å². The minimum atomic E-state index is -2.19. The van der Waals surface area contributed by atoms with E-state index in [0.29, 0.717) is 5.54 Å². The van der Waals surface area contributed by atoms with Crippen LogP contribution in [0.3, 0.4) is 0 Å². The molecule has 0 rings (SSSR count). The third-order valence-corrected chi connectivity index (χ3v) is 6.76. The van der Waals surface area contributed by atoms with Crippen molar-refractivity contribution in [3.05, 3.63) is 0 Å². The largest absolute Gasteiger partial charge is 0.427 e. The van der Waals surface area contributed by atoms with Crippen molar-refractivity contribution < 1.29 is 8.85 Å². The van der Waals surface area contributed by atoms with Crippen LogP contribution in [0.1, 0.15) is 53.9 Å². The van der Waals surface area contributed by atoms with E-state index in [1.807, 2.05) is 13.8 Å². The average molecular weight is 247 g/mol. The summed E-state index contributed by atoms with van der Waals surface area (Å²) >= 11 is 0. The van der Waals surface area contributed by atoms with E-state index in [1.165, 1.54) is 12.8 Å². The summed E-state index contributed by atoms with van der Waals surface area (Å²) < 4.78 is 11.9. The fraction of sp³-hybridized carbons (Fsp3) is 1.00. The molecule has 0 radical (unpaired) electrons. The molecule has 0 spiro atoms. The predicted octanol–water partition coefficient (Wildman–Crippen LogP) is 3.19. The van der Waals surface area contributed by atoms with Gasteiger partial charge in [0, 0.05) is 18.8 Å². The second kappa shape index (κ2) is 9.16. The molecule has 0 aliphatic heterocycles. The molecular weight excluding hydrogens is 218 g/mol. The lowest BCUT2D eigenvalue weighted by Gasteiger charge is -2.34. The zero-order valence-electron chi connectivity index (χ0n) is 11.6. The first-order chi connectivity index (χ1) is 7.66. The lowest BCUT2D eigenvalue weighted by Crippen LogP contribution is -2.59. The van der Waals surface area contributed by atoms with Crippen LogP contribution in [-0.2, 0) is 8.85 Å². The molecular formula is C12H29NO2Si. The summed E-state index contributed by atoms with van der Waals surface area (Å²) in [6.07, 6.45) is 3.49. The molecule has 1 atom stereocenters. The van der Waals surface area contributed by atoms with Gasteiger partial charge in [-0.2, -0.15) is 0 Å². The molecule has 0 aliphatic carbocycles. The van der Waals surface area contributed by atoms with E-state index in [2.05, 4.69) is 25.8 Å². The lowest BCUT2D eigenvalue weighted by atomic mass is 10.3. The van der Waals surface area contributed by atoms with Gasteiger partial charge in [-0.25, -0.2) is 0 Å². The number of hydrogen-bond acceptors (Lipinski definition) is 3. The van der Waals surface area contributed by atoms with Gasteiger partial charge in [0.2, 0.25) is 0 Å². The van der Waals surface area contributed by atoms with Crippen molar-refractivity contribution in [3.8, 4) is 0 Å². The fourth-order valence-corrected chi connectivity index (χ4v) is 4.86. The van der Waals surface area contributed by atoms with Gasteiger partial charge >= 0.3 is 8.72 Å². The maximum absolute atomic E-state index is 5.97. The smallest absolute Gasteiger partial charge is 0.383 e. The Labute approximate surface area is 102 Å². The van der Waals surface area contributed by atoms with Crippen molar-refractivity contribution in [2.75, 3.05) is 19.8 Å². The van der Waals surface area contributed by atoms with Crippen molar-refractivity contribution in [1.82, 2.24) is 4.98 Å². The SMILES string of the molecule is CCCCN[Si](OCC)(OCC)C(C)CC. The normalized spacial score (nSPS) is 14.1. The van der Waals surface area contributed by atoms with Gasteiger partial charge in [0.1, 0.15) is 0 Å². The van der Waals surface area contributed by atoms with Crippen LogP contribution in [0.5, 0.6) is 0 Å². The highest BCUT2D eigenvalue weighted by atomic mass is 28.4. The van der Waals surface area contributed by atoms with Gasteiger partial charge in [0.15, 0.2) is 0 Å². The van der Waals surface area contributed by atoms with Gasteiger partial charge in [-0.1, -0.05) is 33.6 Å². The molecule has 4 heteroatoms. The molecule has 1 unspecified atom stereocenters.